The van der Waals surface area contributed by atoms with Gasteiger partial charge in [0, 0.05) is 19.1 Å². The van der Waals surface area contributed by atoms with Crippen LogP contribution in [-0.4, -0.2) is 63.0 Å². The molecule has 0 aliphatic carbocycles. The SMILES string of the molecule is O=C(N[C@@H]1CN2CCC1CC2)N1CCc2ccccc2[C@@H]1c1ccc(-n2ccnn2)cc1. The van der Waals surface area contributed by atoms with Gasteiger partial charge in [-0.1, -0.05) is 41.6 Å². The number of carbonyl (C=O) groups is 1. The van der Waals surface area contributed by atoms with Gasteiger partial charge in [-0.2, -0.15) is 0 Å². The van der Waals surface area contributed by atoms with E-state index in [2.05, 4.69) is 56.9 Å². The van der Waals surface area contributed by atoms with Crippen molar-refractivity contribution in [3.05, 3.63) is 77.6 Å². The molecular weight excluding hydrogens is 400 g/mol. The van der Waals surface area contributed by atoms with Crippen LogP contribution < -0.4 is 5.32 Å². The first-order valence-corrected chi connectivity index (χ1v) is 11.6. The van der Waals surface area contributed by atoms with E-state index in [0.29, 0.717) is 5.92 Å². The highest BCUT2D eigenvalue weighted by Gasteiger charge is 2.38. The van der Waals surface area contributed by atoms with Crippen LogP contribution in [0.2, 0.25) is 0 Å². The Morgan fingerprint density at radius 1 is 1.00 bits per heavy atom. The summed E-state index contributed by atoms with van der Waals surface area (Å²) < 4.78 is 1.75. The van der Waals surface area contributed by atoms with Gasteiger partial charge in [-0.3, -0.25) is 0 Å². The first-order chi connectivity index (χ1) is 15.8. The zero-order chi connectivity index (χ0) is 21.5. The molecular formula is C25H28N6O. The molecule has 7 nitrogen and oxygen atoms in total. The maximum Gasteiger partial charge on any atom is 0.318 e. The van der Waals surface area contributed by atoms with Crippen LogP contribution in [0.3, 0.4) is 0 Å². The fraction of sp³-hybridized carbons (Fsp3) is 0.400. The third-order valence-corrected chi connectivity index (χ3v) is 7.41. The minimum Gasteiger partial charge on any atom is -0.334 e. The summed E-state index contributed by atoms with van der Waals surface area (Å²) in [6, 6.07) is 17.1. The average Bonchev–Trinajstić information content (AvgIpc) is 3.39. The summed E-state index contributed by atoms with van der Waals surface area (Å²) in [5.41, 5.74) is 4.62. The predicted octanol–water partition coefficient (Wildman–Crippen LogP) is 3.02. The third-order valence-electron chi connectivity index (χ3n) is 7.41. The number of rotatable bonds is 3. The molecule has 7 rings (SSSR count). The molecule has 7 heteroatoms. The lowest BCUT2D eigenvalue weighted by Crippen LogP contribution is -2.59. The minimum atomic E-state index is -0.0918. The van der Waals surface area contributed by atoms with Gasteiger partial charge in [-0.05, 0) is 67.1 Å². The molecule has 4 aliphatic rings. The van der Waals surface area contributed by atoms with Crippen molar-refractivity contribution in [1.82, 2.24) is 30.1 Å². The van der Waals surface area contributed by atoms with Crippen LogP contribution in [0.1, 0.15) is 35.6 Å². The van der Waals surface area contributed by atoms with Crippen LogP contribution in [0.5, 0.6) is 0 Å². The fourth-order valence-electron chi connectivity index (χ4n) is 5.67. The van der Waals surface area contributed by atoms with Crippen molar-refractivity contribution >= 4 is 6.03 Å². The van der Waals surface area contributed by atoms with Gasteiger partial charge >= 0.3 is 6.03 Å². The Hall–Kier alpha value is -3.19. The minimum absolute atomic E-state index is 0.0589. The van der Waals surface area contributed by atoms with Gasteiger partial charge in [0.05, 0.1) is 24.1 Å². The number of hydrogen-bond acceptors (Lipinski definition) is 4. The largest absolute Gasteiger partial charge is 0.334 e. The Bertz CT molecular complexity index is 1090. The Morgan fingerprint density at radius 2 is 1.81 bits per heavy atom. The molecule has 2 aromatic carbocycles. The summed E-state index contributed by atoms with van der Waals surface area (Å²) in [4.78, 5) is 18.1. The molecule has 2 bridgehead atoms. The van der Waals surface area contributed by atoms with E-state index in [1.54, 1.807) is 10.9 Å². The number of amides is 2. The van der Waals surface area contributed by atoms with Crippen LogP contribution in [0, 0.1) is 5.92 Å². The number of carbonyl (C=O) groups excluding carboxylic acids is 1. The van der Waals surface area contributed by atoms with Crippen molar-refractivity contribution in [3.63, 3.8) is 0 Å². The van der Waals surface area contributed by atoms with Crippen molar-refractivity contribution in [2.45, 2.75) is 31.3 Å². The topological polar surface area (TPSA) is 66.3 Å². The maximum atomic E-state index is 13.6. The molecule has 1 N–H and O–H groups in total. The first-order valence-electron chi connectivity index (χ1n) is 11.6. The second-order valence-corrected chi connectivity index (χ2v) is 9.18. The summed E-state index contributed by atoms with van der Waals surface area (Å²) in [5, 5.41) is 11.4. The lowest BCUT2D eigenvalue weighted by Gasteiger charge is -2.46. The number of urea groups is 1. The number of piperidine rings is 3. The maximum absolute atomic E-state index is 13.6. The predicted molar refractivity (Wildman–Crippen MR) is 122 cm³/mol. The molecule has 1 aromatic heterocycles. The number of aromatic nitrogens is 3. The molecule has 3 aromatic rings. The van der Waals surface area contributed by atoms with E-state index in [1.165, 1.54) is 37.1 Å². The van der Waals surface area contributed by atoms with Crippen molar-refractivity contribution in [2.75, 3.05) is 26.2 Å². The number of hydrogen-bond donors (Lipinski definition) is 1. The second kappa shape index (κ2) is 8.06. The summed E-state index contributed by atoms with van der Waals surface area (Å²) in [6.07, 6.45) is 6.78. The zero-order valence-electron chi connectivity index (χ0n) is 18.1. The fourth-order valence-corrected chi connectivity index (χ4v) is 5.67. The van der Waals surface area contributed by atoms with Gasteiger partial charge in [0.1, 0.15) is 0 Å². The van der Waals surface area contributed by atoms with Crippen LogP contribution >= 0.6 is 0 Å². The molecule has 0 radical (unpaired) electrons. The van der Waals surface area contributed by atoms with Gasteiger partial charge in [-0.25, -0.2) is 9.48 Å². The number of benzene rings is 2. The average molecular weight is 429 g/mol. The lowest BCUT2D eigenvalue weighted by atomic mass is 9.84. The van der Waals surface area contributed by atoms with E-state index in [4.69, 9.17) is 0 Å². The summed E-state index contributed by atoms with van der Waals surface area (Å²) in [5.74, 6) is 0.612. The van der Waals surface area contributed by atoms with Gasteiger partial charge in [0.15, 0.2) is 0 Å². The molecule has 2 atom stereocenters. The Kier molecular flexibility index (Phi) is 4.91. The number of nitrogens with zero attached hydrogens (tertiary/aromatic N) is 5. The van der Waals surface area contributed by atoms with Crippen molar-refractivity contribution in [1.29, 1.82) is 0 Å². The highest BCUT2D eigenvalue weighted by molar-refractivity contribution is 5.76. The molecule has 0 saturated carbocycles. The highest BCUT2D eigenvalue weighted by Crippen LogP contribution is 2.36. The van der Waals surface area contributed by atoms with Gasteiger partial charge < -0.3 is 15.1 Å². The molecule has 4 aliphatic heterocycles. The number of nitrogens with one attached hydrogen (secondary N) is 1. The Labute approximate surface area is 188 Å². The van der Waals surface area contributed by atoms with Crippen molar-refractivity contribution in [2.24, 2.45) is 5.92 Å². The normalized spacial score (nSPS) is 26.6. The highest BCUT2D eigenvalue weighted by atomic mass is 16.2. The van der Waals surface area contributed by atoms with Gasteiger partial charge in [0.2, 0.25) is 0 Å². The van der Waals surface area contributed by atoms with Crippen LogP contribution in [0.15, 0.2) is 60.9 Å². The molecule has 164 valence electrons. The quantitative estimate of drug-likeness (QED) is 0.697. The molecule has 5 heterocycles. The van der Waals surface area contributed by atoms with E-state index in [-0.39, 0.29) is 18.1 Å². The molecule has 32 heavy (non-hydrogen) atoms. The Morgan fingerprint density at radius 3 is 2.53 bits per heavy atom. The summed E-state index contributed by atoms with van der Waals surface area (Å²) >= 11 is 0. The van der Waals surface area contributed by atoms with Gasteiger partial charge in [0.25, 0.3) is 0 Å². The van der Waals surface area contributed by atoms with E-state index in [1.807, 2.05) is 23.2 Å². The molecule has 3 saturated heterocycles. The molecule has 0 unspecified atom stereocenters. The summed E-state index contributed by atoms with van der Waals surface area (Å²) in [6.45, 7) is 4.06. The third kappa shape index (κ3) is 3.46. The first kappa shape index (κ1) is 19.5. The smallest absolute Gasteiger partial charge is 0.318 e. The monoisotopic (exact) mass is 428 g/mol. The van der Waals surface area contributed by atoms with Crippen LogP contribution in [0.25, 0.3) is 5.69 Å². The van der Waals surface area contributed by atoms with E-state index in [9.17, 15) is 4.79 Å². The van der Waals surface area contributed by atoms with Crippen molar-refractivity contribution < 1.29 is 4.79 Å². The van der Waals surface area contributed by atoms with E-state index >= 15 is 0 Å². The van der Waals surface area contributed by atoms with Gasteiger partial charge in [-0.15, -0.1) is 5.10 Å². The Balaban J connectivity index is 1.30. The zero-order valence-corrected chi connectivity index (χ0v) is 18.1. The van der Waals surface area contributed by atoms with Crippen LogP contribution in [-0.2, 0) is 6.42 Å². The molecule has 2 amide bonds. The second-order valence-electron chi connectivity index (χ2n) is 9.18. The standard InChI is InChI=1S/C25H28N6O/c32-25(27-23-17-29-13-9-19(23)10-14-29)30-15-11-18-3-1-2-4-22(18)24(30)20-5-7-21(8-6-20)31-16-12-26-28-31/h1-8,12,16,19,23-24H,9-11,13-15,17H2,(H,27,32)/t23-,24+/m1/s1. The molecule has 0 spiro atoms. The summed E-state index contributed by atoms with van der Waals surface area (Å²) in [7, 11) is 0. The molecule has 3 fully saturated rings. The van der Waals surface area contributed by atoms with Crippen LogP contribution in [0.4, 0.5) is 4.79 Å². The van der Waals surface area contributed by atoms with Crippen molar-refractivity contribution in [3.8, 4) is 5.69 Å². The van der Waals surface area contributed by atoms with E-state index in [0.717, 1.165) is 30.8 Å². The lowest BCUT2D eigenvalue weighted by molar-refractivity contribution is 0.0715. The van der Waals surface area contributed by atoms with E-state index < -0.39 is 0 Å². The number of fused-ring (bicyclic) bond motifs is 4.